The van der Waals surface area contributed by atoms with Crippen LogP contribution in [0.15, 0.2) is 10.2 Å². The van der Waals surface area contributed by atoms with E-state index in [1.54, 1.807) is 4.57 Å². The van der Waals surface area contributed by atoms with Gasteiger partial charge >= 0.3 is 10.8 Å². The van der Waals surface area contributed by atoms with Gasteiger partial charge in [0.25, 0.3) is 0 Å². The van der Waals surface area contributed by atoms with E-state index in [0.29, 0.717) is 26.0 Å². The van der Waals surface area contributed by atoms with Crippen molar-refractivity contribution in [2.75, 3.05) is 6.61 Å². The molecule has 90 valence electrons. The Labute approximate surface area is 98.9 Å². The van der Waals surface area contributed by atoms with Gasteiger partial charge in [-0.1, -0.05) is 18.3 Å². The third-order valence-corrected chi connectivity index (χ3v) is 3.09. The van der Waals surface area contributed by atoms with Gasteiger partial charge in [0.05, 0.1) is 6.61 Å². The van der Waals surface area contributed by atoms with E-state index in [0.717, 1.165) is 12.1 Å². The zero-order chi connectivity index (χ0) is 12.0. The molecule has 0 unspecified atom stereocenters. The Balaban J connectivity index is 2.31. The van der Waals surface area contributed by atoms with E-state index in [9.17, 15) is 9.59 Å². The van der Waals surface area contributed by atoms with Crippen LogP contribution in [0.1, 0.15) is 31.9 Å². The van der Waals surface area contributed by atoms with Crippen LogP contribution in [-0.4, -0.2) is 17.1 Å². The number of esters is 1. The van der Waals surface area contributed by atoms with E-state index in [4.69, 9.17) is 4.74 Å². The molecule has 0 fully saturated rings. The van der Waals surface area contributed by atoms with E-state index in [1.165, 1.54) is 11.3 Å². The Hall–Kier alpha value is -1.10. The first-order valence-corrected chi connectivity index (χ1v) is 6.33. The smallest absolute Gasteiger partial charge is 0.307 e. The van der Waals surface area contributed by atoms with Crippen molar-refractivity contribution in [2.24, 2.45) is 0 Å². The van der Waals surface area contributed by atoms with Gasteiger partial charge in [-0.2, -0.15) is 0 Å². The monoisotopic (exact) mass is 243 g/mol. The Kier molecular flexibility index (Phi) is 5.25. The summed E-state index contributed by atoms with van der Waals surface area (Å²) >= 11 is 1.19. The third-order valence-electron chi connectivity index (χ3n) is 2.21. The van der Waals surface area contributed by atoms with Crippen molar-refractivity contribution in [2.45, 2.75) is 39.7 Å². The van der Waals surface area contributed by atoms with E-state index in [2.05, 4.69) is 0 Å². The van der Waals surface area contributed by atoms with Crippen LogP contribution in [0.4, 0.5) is 0 Å². The largest absolute Gasteiger partial charge is 0.466 e. The van der Waals surface area contributed by atoms with Crippen LogP contribution in [0.5, 0.6) is 0 Å². The molecule has 0 radical (unpaired) electrons. The second-order valence-corrected chi connectivity index (χ2v) is 4.44. The fraction of sp³-hybridized carbons (Fsp3) is 0.636. The summed E-state index contributed by atoms with van der Waals surface area (Å²) in [5.41, 5.74) is 0.955. The van der Waals surface area contributed by atoms with Crippen LogP contribution >= 0.6 is 11.3 Å². The highest BCUT2D eigenvalue weighted by Crippen LogP contribution is 2.03. The molecule has 0 saturated carbocycles. The fourth-order valence-electron chi connectivity index (χ4n) is 1.34. The molecule has 0 aliphatic rings. The number of aryl methyl sites for hydroxylation is 1. The first-order chi connectivity index (χ1) is 7.65. The normalized spacial score (nSPS) is 10.4. The zero-order valence-corrected chi connectivity index (χ0v) is 10.5. The summed E-state index contributed by atoms with van der Waals surface area (Å²) in [6.07, 6.45) is 1.87. The topological polar surface area (TPSA) is 48.3 Å². The molecule has 0 spiro atoms. The summed E-state index contributed by atoms with van der Waals surface area (Å²) < 4.78 is 6.64. The lowest BCUT2D eigenvalue weighted by Gasteiger charge is -2.04. The van der Waals surface area contributed by atoms with Crippen molar-refractivity contribution >= 4 is 17.3 Å². The van der Waals surface area contributed by atoms with Gasteiger partial charge in [-0.05, 0) is 19.8 Å². The molecule has 0 amide bonds. The predicted octanol–water partition coefficient (Wildman–Crippen LogP) is 1.95. The summed E-state index contributed by atoms with van der Waals surface area (Å²) in [6, 6.07) is 0. The molecule has 0 aromatic carbocycles. The number of nitrogens with zero attached hydrogens (tertiary/aromatic N) is 1. The van der Waals surface area contributed by atoms with Gasteiger partial charge in [0.15, 0.2) is 0 Å². The van der Waals surface area contributed by atoms with Crippen LogP contribution in [-0.2, 0) is 16.1 Å². The first kappa shape index (κ1) is 13.0. The molecule has 16 heavy (non-hydrogen) atoms. The summed E-state index contributed by atoms with van der Waals surface area (Å²) in [5.74, 6) is -0.178. The van der Waals surface area contributed by atoms with Crippen molar-refractivity contribution in [3.05, 3.63) is 20.7 Å². The summed E-state index contributed by atoms with van der Waals surface area (Å²) in [7, 11) is 0. The fourth-order valence-corrected chi connectivity index (χ4v) is 2.11. The molecule has 0 saturated heterocycles. The number of thiazole rings is 1. The molecule has 5 heteroatoms. The molecule has 1 heterocycles. The van der Waals surface area contributed by atoms with Crippen LogP contribution in [0.3, 0.4) is 0 Å². The van der Waals surface area contributed by atoms with Crippen molar-refractivity contribution in [3.8, 4) is 0 Å². The van der Waals surface area contributed by atoms with Crippen molar-refractivity contribution < 1.29 is 9.53 Å². The molecule has 1 aromatic heterocycles. The maximum Gasteiger partial charge on any atom is 0.307 e. The SMILES string of the molecule is CCCOC(=O)CCCn1c(C)csc1=O. The summed E-state index contributed by atoms with van der Waals surface area (Å²) in [5, 5.41) is 1.83. The number of aromatic nitrogens is 1. The number of hydrogen-bond donors (Lipinski definition) is 0. The van der Waals surface area contributed by atoms with Crippen LogP contribution in [0, 0.1) is 6.92 Å². The van der Waals surface area contributed by atoms with E-state index < -0.39 is 0 Å². The second-order valence-electron chi connectivity index (χ2n) is 3.62. The van der Waals surface area contributed by atoms with E-state index in [1.807, 2.05) is 19.2 Å². The Bertz CT molecular complexity index is 394. The average Bonchev–Trinajstić information content (AvgIpc) is 2.57. The minimum absolute atomic E-state index is 0.0411. The molecule has 4 nitrogen and oxygen atoms in total. The minimum Gasteiger partial charge on any atom is -0.466 e. The third kappa shape index (κ3) is 3.81. The van der Waals surface area contributed by atoms with Crippen LogP contribution < -0.4 is 4.87 Å². The van der Waals surface area contributed by atoms with Crippen molar-refractivity contribution in [1.82, 2.24) is 4.57 Å². The highest BCUT2D eigenvalue weighted by Gasteiger charge is 2.05. The lowest BCUT2D eigenvalue weighted by molar-refractivity contribution is -0.143. The lowest BCUT2D eigenvalue weighted by Crippen LogP contribution is -2.15. The number of carbonyl (C=O) groups excluding carboxylic acids is 1. The molecule has 0 aliphatic carbocycles. The Morgan fingerprint density at radius 2 is 2.31 bits per heavy atom. The molecular weight excluding hydrogens is 226 g/mol. The Morgan fingerprint density at radius 1 is 1.56 bits per heavy atom. The minimum atomic E-state index is -0.178. The van der Waals surface area contributed by atoms with Crippen molar-refractivity contribution in [1.29, 1.82) is 0 Å². The Morgan fingerprint density at radius 3 is 2.88 bits per heavy atom. The maximum absolute atomic E-state index is 11.4. The molecule has 1 aromatic rings. The predicted molar refractivity (Wildman–Crippen MR) is 63.8 cm³/mol. The summed E-state index contributed by atoms with van der Waals surface area (Å²) in [6.45, 7) is 4.93. The molecule has 0 N–H and O–H groups in total. The van der Waals surface area contributed by atoms with Gasteiger partial charge in [-0.25, -0.2) is 0 Å². The van der Waals surface area contributed by atoms with Gasteiger partial charge in [0.1, 0.15) is 0 Å². The standard InChI is InChI=1S/C11H17NO3S/c1-3-7-15-10(13)5-4-6-12-9(2)8-16-11(12)14/h8H,3-7H2,1-2H3. The number of hydrogen-bond acceptors (Lipinski definition) is 4. The molecule has 1 rings (SSSR count). The van der Waals surface area contributed by atoms with E-state index >= 15 is 0 Å². The van der Waals surface area contributed by atoms with Gasteiger partial charge in [-0.15, -0.1) is 0 Å². The van der Waals surface area contributed by atoms with Crippen LogP contribution in [0.25, 0.3) is 0 Å². The zero-order valence-electron chi connectivity index (χ0n) is 9.69. The number of rotatable bonds is 6. The highest BCUT2D eigenvalue weighted by molar-refractivity contribution is 7.07. The molecule has 0 bridgehead atoms. The average molecular weight is 243 g/mol. The van der Waals surface area contributed by atoms with Gasteiger partial charge in [0, 0.05) is 24.0 Å². The highest BCUT2D eigenvalue weighted by atomic mass is 32.1. The van der Waals surface area contributed by atoms with Gasteiger partial charge in [0.2, 0.25) is 0 Å². The maximum atomic E-state index is 11.4. The lowest BCUT2D eigenvalue weighted by atomic mass is 10.3. The van der Waals surface area contributed by atoms with Crippen LogP contribution in [0.2, 0.25) is 0 Å². The second kappa shape index (κ2) is 6.48. The van der Waals surface area contributed by atoms with Gasteiger partial charge in [-0.3, -0.25) is 9.59 Å². The quantitative estimate of drug-likeness (QED) is 0.717. The van der Waals surface area contributed by atoms with Crippen molar-refractivity contribution in [3.63, 3.8) is 0 Å². The number of carbonyl (C=O) groups is 1. The number of ether oxygens (including phenoxy) is 1. The van der Waals surface area contributed by atoms with E-state index in [-0.39, 0.29) is 10.8 Å². The first-order valence-electron chi connectivity index (χ1n) is 5.45. The molecular formula is C11H17NO3S. The van der Waals surface area contributed by atoms with Gasteiger partial charge < -0.3 is 9.30 Å². The molecule has 0 atom stereocenters. The summed E-state index contributed by atoms with van der Waals surface area (Å²) in [4.78, 5) is 22.6. The molecule has 0 aliphatic heterocycles.